The minimum Gasteiger partial charge on any atom is -0.333 e. The molecule has 6 heteroatoms. The van der Waals surface area contributed by atoms with Gasteiger partial charge in [-0.3, -0.25) is 4.98 Å². The number of halogens is 1. The van der Waals surface area contributed by atoms with Gasteiger partial charge in [0.1, 0.15) is 0 Å². The van der Waals surface area contributed by atoms with Crippen LogP contribution in [0.2, 0.25) is 0 Å². The van der Waals surface area contributed by atoms with Crippen molar-refractivity contribution in [3.05, 3.63) is 45.3 Å². The maximum Gasteiger partial charge on any atom is 0.319 e. The van der Waals surface area contributed by atoms with Crippen LogP contribution in [0.25, 0.3) is 0 Å². The highest BCUT2D eigenvalue weighted by atomic mass is 79.9. The lowest BCUT2D eigenvalue weighted by molar-refractivity contribution is 0.252. The van der Waals surface area contributed by atoms with Gasteiger partial charge in [-0.15, -0.1) is 11.3 Å². The molecule has 0 aliphatic heterocycles. The van der Waals surface area contributed by atoms with Gasteiger partial charge in [0.15, 0.2) is 0 Å². The van der Waals surface area contributed by atoms with Gasteiger partial charge in [-0.25, -0.2) is 4.79 Å². The molecule has 0 unspecified atom stereocenters. The molecule has 0 saturated heterocycles. The van der Waals surface area contributed by atoms with Crippen LogP contribution >= 0.6 is 27.3 Å². The average molecular weight is 312 g/mol. The fourth-order valence-electron chi connectivity index (χ4n) is 1.22. The number of carbonyl (C=O) groups excluding carboxylic acids is 1. The summed E-state index contributed by atoms with van der Waals surface area (Å²) in [7, 11) is 0. The fourth-order valence-corrected chi connectivity index (χ4v) is 2.62. The van der Waals surface area contributed by atoms with Crippen molar-refractivity contribution in [2.45, 2.75) is 6.54 Å². The number of pyridine rings is 1. The smallest absolute Gasteiger partial charge is 0.319 e. The molecule has 2 rings (SSSR count). The second kappa shape index (κ2) is 5.79. The van der Waals surface area contributed by atoms with Crippen LogP contribution in [0.5, 0.6) is 0 Å². The lowest BCUT2D eigenvalue weighted by Crippen LogP contribution is -2.27. The van der Waals surface area contributed by atoms with E-state index in [2.05, 4.69) is 31.5 Å². The normalized spacial score (nSPS) is 9.94. The van der Waals surface area contributed by atoms with Crippen molar-refractivity contribution in [1.82, 2.24) is 10.3 Å². The monoisotopic (exact) mass is 311 g/mol. The standard InChI is InChI=1S/C11H10BrN3OS/c12-8-5-10(17-7-8)6-14-11(16)15-9-1-3-13-4-2-9/h1-5,7H,6H2,(H2,13,14,15,16). The number of rotatable bonds is 3. The van der Waals surface area contributed by atoms with Gasteiger partial charge < -0.3 is 10.6 Å². The number of nitrogens with zero attached hydrogens (tertiary/aromatic N) is 1. The van der Waals surface area contributed by atoms with Crippen LogP contribution in [0.4, 0.5) is 10.5 Å². The van der Waals surface area contributed by atoms with Crippen molar-refractivity contribution >= 4 is 39.0 Å². The SMILES string of the molecule is O=C(NCc1cc(Br)cs1)Nc1ccncc1. The number of nitrogens with one attached hydrogen (secondary N) is 2. The number of amides is 2. The Morgan fingerprint density at radius 2 is 2.18 bits per heavy atom. The molecule has 2 aromatic rings. The number of thiophene rings is 1. The second-order valence-corrected chi connectivity index (χ2v) is 5.19. The summed E-state index contributed by atoms with van der Waals surface area (Å²) >= 11 is 4.97. The molecular formula is C11H10BrN3OS. The Morgan fingerprint density at radius 3 is 2.82 bits per heavy atom. The lowest BCUT2D eigenvalue weighted by atomic mass is 10.4. The molecule has 0 radical (unpaired) electrons. The molecule has 4 nitrogen and oxygen atoms in total. The van der Waals surface area contributed by atoms with E-state index in [0.717, 1.165) is 15.0 Å². The minimum absolute atomic E-state index is 0.222. The number of hydrogen-bond acceptors (Lipinski definition) is 3. The van der Waals surface area contributed by atoms with Crippen molar-refractivity contribution in [2.75, 3.05) is 5.32 Å². The van der Waals surface area contributed by atoms with Gasteiger partial charge in [-0.1, -0.05) is 0 Å². The predicted octanol–water partition coefficient (Wildman–Crippen LogP) is 3.23. The molecule has 2 aromatic heterocycles. The summed E-state index contributed by atoms with van der Waals surface area (Å²) in [6, 6.07) is 5.24. The Kier molecular flexibility index (Phi) is 4.11. The van der Waals surface area contributed by atoms with Gasteiger partial charge in [-0.2, -0.15) is 0 Å². The van der Waals surface area contributed by atoms with Crippen LogP contribution < -0.4 is 10.6 Å². The summed E-state index contributed by atoms with van der Waals surface area (Å²) in [6.07, 6.45) is 3.26. The Hall–Kier alpha value is -1.40. The van der Waals surface area contributed by atoms with Crippen LogP contribution in [-0.2, 0) is 6.54 Å². The first-order valence-corrected chi connectivity index (χ1v) is 6.59. The molecule has 0 saturated carbocycles. The third-order valence-corrected chi connectivity index (χ3v) is 3.68. The van der Waals surface area contributed by atoms with Crippen LogP contribution in [0, 0.1) is 0 Å². The highest BCUT2D eigenvalue weighted by Gasteiger charge is 2.02. The van der Waals surface area contributed by atoms with E-state index < -0.39 is 0 Å². The van der Waals surface area contributed by atoms with E-state index in [1.54, 1.807) is 35.9 Å². The van der Waals surface area contributed by atoms with Crippen molar-refractivity contribution in [1.29, 1.82) is 0 Å². The predicted molar refractivity (Wildman–Crippen MR) is 72.1 cm³/mol. The van der Waals surface area contributed by atoms with Gasteiger partial charge in [0.05, 0.1) is 6.54 Å². The van der Waals surface area contributed by atoms with Crippen LogP contribution in [0.1, 0.15) is 4.88 Å². The maximum atomic E-state index is 11.5. The van der Waals surface area contributed by atoms with E-state index in [1.165, 1.54) is 0 Å². The molecule has 17 heavy (non-hydrogen) atoms. The third kappa shape index (κ3) is 3.83. The highest BCUT2D eigenvalue weighted by Crippen LogP contribution is 2.19. The Balaban J connectivity index is 1.82. The first kappa shape index (κ1) is 12.1. The van der Waals surface area contributed by atoms with Crippen LogP contribution in [0.3, 0.4) is 0 Å². The summed E-state index contributed by atoms with van der Waals surface area (Å²) in [5, 5.41) is 7.49. The number of hydrogen-bond donors (Lipinski definition) is 2. The summed E-state index contributed by atoms with van der Waals surface area (Å²) in [6.45, 7) is 0.521. The molecule has 0 aliphatic rings. The Morgan fingerprint density at radius 1 is 1.41 bits per heavy atom. The van der Waals surface area contributed by atoms with Gasteiger partial charge in [0, 0.05) is 32.8 Å². The number of carbonyl (C=O) groups is 1. The van der Waals surface area contributed by atoms with Crippen molar-refractivity contribution < 1.29 is 4.79 Å². The third-order valence-electron chi connectivity index (χ3n) is 1.98. The molecule has 0 aromatic carbocycles. The highest BCUT2D eigenvalue weighted by molar-refractivity contribution is 9.10. The van der Waals surface area contributed by atoms with Crippen LogP contribution in [-0.4, -0.2) is 11.0 Å². The zero-order chi connectivity index (χ0) is 12.1. The molecule has 2 amide bonds. The Labute approximate surface area is 111 Å². The molecule has 2 heterocycles. The summed E-state index contributed by atoms with van der Waals surface area (Å²) in [5.41, 5.74) is 0.727. The maximum absolute atomic E-state index is 11.5. The van der Waals surface area contributed by atoms with E-state index in [9.17, 15) is 4.79 Å². The largest absolute Gasteiger partial charge is 0.333 e. The fraction of sp³-hybridized carbons (Fsp3) is 0.0909. The quantitative estimate of drug-likeness (QED) is 0.914. The van der Waals surface area contributed by atoms with E-state index in [0.29, 0.717) is 6.54 Å². The molecule has 0 spiro atoms. The molecular weight excluding hydrogens is 302 g/mol. The first-order valence-electron chi connectivity index (χ1n) is 4.92. The van der Waals surface area contributed by atoms with Crippen molar-refractivity contribution in [3.63, 3.8) is 0 Å². The lowest BCUT2D eigenvalue weighted by Gasteiger charge is -2.05. The molecule has 2 N–H and O–H groups in total. The molecule has 0 atom stereocenters. The molecule has 0 aliphatic carbocycles. The van der Waals surface area contributed by atoms with E-state index in [1.807, 2.05) is 11.4 Å². The summed E-state index contributed by atoms with van der Waals surface area (Å²) < 4.78 is 1.04. The van der Waals surface area contributed by atoms with E-state index in [4.69, 9.17) is 0 Å². The van der Waals surface area contributed by atoms with Gasteiger partial charge >= 0.3 is 6.03 Å². The van der Waals surface area contributed by atoms with Gasteiger partial charge in [-0.05, 0) is 34.1 Å². The summed E-state index contributed by atoms with van der Waals surface area (Å²) in [5.74, 6) is 0. The number of anilines is 1. The molecule has 0 bridgehead atoms. The second-order valence-electron chi connectivity index (χ2n) is 3.27. The van der Waals surface area contributed by atoms with Gasteiger partial charge in [0.2, 0.25) is 0 Å². The average Bonchev–Trinajstić information content (AvgIpc) is 2.74. The van der Waals surface area contributed by atoms with Crippen LogP contribution in [0.15, 0.2) is 40.4 Å². The number of urea groups is 1. The Bertz CT molecular complexity index is 500. The van der Waals surface area contributed by atoms with Crippen molar-refractivity contribution in [2.24, 2.45) is 0 Å². The molecule has 88 valence electrons. The topological polar surface area (TPSA) is 54.0 Å². The van der Waals surface area contributed by atoms with Crippen molar-refractivity contribution in [3.8, 4) is 0 Å². The van der Waals surface area contributed by atoms with E-state index in [-0.39, 0.29) is 6.03 Å². The molecule has 0 fully saturated rings. The zero-order valence-electron chi connectivity index (χ0n) is 8.81. The number of aromatic nitrogens is 1. The summed E-state index contributed by atoms with van der Waals surface area (Å²) in [4.78, 5) is 16.5. The van der Waals surface area contributed by atoms with Gasteiger partial charge in [0.25, 0.3) is 0 Å². The van der Waals surface area contributed by atoms with E-state index >= 15 is 0 Å². The first-order chi connectivity index (χ1) is 8.24. The minimum atomic E-state index is -0.222. The zero-order valence-corrected chi connectivity index (χ0v) is 11.2.